The highest BCUT2D eigenvalue weighted by Gasteiger charge is 2.22. The topological polar surface area (TPSA) is 67.4 Å². The number of nitrogens with one attached hydrogen (secondary N) is 2. The van der Waals surface area contributed by atoms with E-state index < -0.39 is 0 Å². The van der Waals surface area contributed by atoms with E-state index in [4.69, 9.17) is 4.74 Å². The molecule has 1 saturated carbocycles. The first kappa shape index (κ1) is 24.3. The Labute approximate surface area is 217 Å². The normalized spacial score (nSPS) is 12.6. The Bertz CT molecular complexity index is 1420. The maximum Gasteiger partial charge on any atom is 0.255 e. The molecular formula is C32H30N2O3. The summed E-state index contributed by atoms with van der Waals surface area (Å²) >= 11 is 0. The van der Waals surface area contributed by atoms with E-state index >= 15 is 0 Å². The second-order valence-electron chi connectivity index (χ2n) is 9.50. The fourth-order valence-electron chi connectivity index (χ4n) is 4.37. The highest BCUT2D eigenvalue weighted by Crippen LogP contribution is 2.32. The minimum absolute atomic E-state index is 0.0365. The number of hydrogen-bond donors (Lipinski definition) is 2. The molecule has 5 nitrogen and oxygen atoms in total. The van der Waals surface area contributed by atoms with Crippen molar-refractivity contribution < 1.29 is 14.3 Å². The van der Waals surface area contributed by atoms with Crippen molar-refractivity contribution in [2.24, 2.45) is 5.92 Å². The highest BCUT2D eigenvalue weighted by molar-refractivity contribution is 6.05. The zero-order chi connectivity index (χ0) is 25.8. The Kier molecular flexibility index (Phi) is 7.04. The van der Waals surface area contributed by atoms with Gasteiger partial charge in [0, 0.05) is 28.9 Å². The molecule has 0 atom stereocenters. The van der Waals surface area contributed by atoms with Crippen LogP contribution in [0.5, 0.6) is 5.75 Å². The van der Waals surface area contributed by atoms with Gasteiger partial charge in [0.1, 0.15) is 5.75 Å². The first-order valence-electron chi connectivity index (χ1n) is 12.6. The smallest absolute Gasteiger partial charge is 0.255 e. The van der Waals surface area contributed by atoms with E-state index in [1.54, 1.807) is 13.2 Å². The van der Waals surface area contributed by atoms with E-state index in [-0.39, 0.29) is 11.8 Å². The molecule has 4 aromatic carbocycles. The third-order valence-electron chi connectivity index (χ3n) is 6.75. The lowest BCUT2D eigenvalue weighted by Crippen LogP contribution is -2.25. The molecule has 1 fully saturated rings. The molecule has 0 radical (unpaired) electrons. The van der Waals surface area contributed by atoms with Gasteiger partial charge < -0.3 is 15.4 Å². The summed E-state index contributed by atoms with van der Waals surface area (Å²) in [5, 5.41) is 6.04. The summed E-state index contributed by atoms with van der Waals surface area (Å²) in [4.78, 5) is 25.6. The van der Waals surface area contributed by atoms with Crippen molar-refractivity contribution in [3.8, 4) is 28.0 Å². The van der Waals surface area contributed by atoms with Gasteiger partial charge in [0.2, 0.25) is 0 Å². The first-order chi connectivity index (χ1) is 18.0. The molecule has 5 heteroatoms. The summed E-state index contributed by atoms with van der Waals surface area (Å²) in [7, 11) is 1.63. The first-order valence-corrected chi connectivity index (χ1v) is 12.6. The molecule has 0 bridgehead atoms. The number of benzene rings is 4. The standard InChI is InChI=1S/C32H30N2O3/c1-21-8-16-27(19-28(21)24-11-13-25(14-12-24)31(35)33-20-22-9-10-22)34-32(36)26-15-17-30(37-2)29(18-26)23-6-4-3-5-7-23/h3-8,11-19,22H,9-10,20H2,1-2H3,(H,33,35)(H,34,36). The van der Waals surface area contributed by atoms with Gasteiger partial charge in [0.25, 0.3) is 11.8 Å². The van der Waals surface area contributed by atoms with Crippen molar-refractivity contribution in [1.29, 1.82) is 0 Å². The molecule has 0 aromatic heterocycles. The van der Waals surface area contributed by atoms with Gasteiger partial charge >= 0.3 is 0 Å². The lowest BCUT2D eigenvalue weighted by atomic mass is 9.98. The van der Waals surface area contributed by atoms with E-state index in [0.29, 0.717) is 28.5 Å². The quantitative estimate of drug-likeness (QED) is 0.288. The second kappa shape index (κ2) is 10.7. The van der Waals surface area contributed by atoms with Crippen LogP contribution in [0, 0.1) is 12.8 Å². The van der Waals surface area contributed by atoms with Crippen molar-refractivity contribution >= 4 is 17.5 Å². The Balaban J connectivity index is 1.34. The number of amides is 2. The summed E-state index contributed by atoms with van der Waals surface area (Å²) in [6, 6.07) is 28.8. The zero-order valence-electron chi connectivity index (χ0n) is 21.1. The van der Waals surface area contributed by atoms with Gasteiger partial charge in [0.05, 0.1) is 7.11 Å². The van der Waals surface area contributed by atoms with Crippen LogP contribution in [0.25, 0.3) is 22.3 Å². The van der Waals surface area contributed by atoms with Crippen molar-refractivity contribution in [3.05, 3.63) is 108 Å². The number of aryl methyl sites for hydroxylation is 1. The summed E-state index contributed by atoms with van der Waals surface area (Å²) in [6.45, 7) is 2.79. The maximum atomic E-state index is 13.2. The molecule has 0 aliphatic heterocycles. The van der Waals surface area contributed by atoms with Crippen molar-refractivity contribution in [2.45, 2.75) is 19.8 Å². The van der Waals surface area contributed by atoms with Crippen LogP contribution in [-0.2, 0) is 0 Å². The number of hydrogen-bond acceptors (Lipinski definition) is 3. The lowest BCUT2D eigenvalue weighted by molar-refractivity contribution is 0.0951. The number of ether oxygens (including phenoxy) is 1. The molecule has 5 rings (SSSR count). The Morgan fingerprint density at radius 1 is 0.784 bits per heavy atom. The molecule has 1 aliphatic rings. The van der Waals surface area contributed by atoms with Gasteiger partial charge in [-0.2, -0.15) is 0 Å². The molecule has 0 heterocycles. The van der Waals surface area contributed by atoms with Crippen LogP contribution in [0.4, 0.5) is 5.69 Å². The molecule has 0 spiro atoms. The molecule has 186 valence electrons. The van der Waals surface area contributed by atoms with Gasteiger partial charge in [-0.05, 0) is 90.4 Å². The third-order valence-corrected chi connectivity index (χ3v) is 6.75. The molecule has 1 aliphatic carbocycles. The summed E-state index contributed by atoms with van der Waals surface area (Å²) < 4.78 is 5.52. The van der Waals surface area contributed by atoms with Crippen LogP contribution >= 0.6 is 0 Å². The Hall–Kier alpha value is -4.38. The second-order valence-corrected chi connectivity index (χ2v) is 9.50. The average molecular weight is 491 g/mol. The number of carbonyl (C=O) groups is 2. The molecule has 37 heavy (non-hydrogen) atoms. The third kappa shape index (κ3) is 5.72. The molecule has 2 amide bonds. The minimum atomic E-state index is -0.197. The lowest BCUT2D eigenvalue weighted by Gasteiger charge is -2.13. The molecule has 2 N–H and O–H groups in total. The predicted octanol–water partition coefficient (Wildman–Crippen LogP) is 6.73. The minimum Gasteiger partial charge on any atom is -0.496 e. The number of anilines is 1. The van der Waals surface area contributed by atoms with Crippen LogP contribution in [0.1, 0.15) is 39.1 Å². The summed E-state index contributed by atoms with van der Waals surface area (Å²) in [6.07, 6.45) is 2.41. The van der Waals surface area contributed by atoms with Crippen LogP contribution in [0.15, 0.2) is 91.0 Å². The Morgan fingerprint density at radius 3 is 2.19 bits per heavy atom. The van der Waals surface area contributed by atoms with Gasteiger partial charge in [-0.3, -0.25) is 9.59 Å². The Morgan fingerprint density at radius 2 is 1.49 bits per heavy atom. The number of carbonyl (C=O) groups excluding carboxylic acids is 2. The number of methoxy groups -OCH3 is 1. The van der Waals surface area contributed by atoms with Gasteiger partial charge in [-0.25, -0.2) is 0 Å². The summed E-state index contributed by atoms with van der Waals surface area (Å²) in [5.74, 6) is 1.12. The van der Waals surface area contributed by atoms with E-state index in [2.05, 4.69) is 10.6 Å². The predicted molar refractivity (Wildman–Crippen MR) is 148 cm³/mol. The van der Waals surface area contributed by atoms with Crippen molar-refractivity contribution in [1.82, 2.24) is 5.32 Å². The average Bonchev–Trinajstić information content (AvgIpc) is 3.77. The van der Waals surface area contributed by atoms with Crippen molar-refractivity contribution in [2.75, 3.05) is 19.0 Å². The fourth-order valence-corrected chi connectivity index (χ4v) is 4.37. The molecular weight excluding hydrogens is 460 g/mol. The maximum absolute atomic E-state index is 13.2. The van der Waals surface area contributed by atoms with E-state index in [1.807, 2.05) is 91.9 Å². The summed E-state index contributed by atoms with van der Waals surface area (Å²) in [5.41, 5.74) is 6.82. The van der Waals surface area contributed by atoms with E-state index in [0.717, 1.165) is 34.4 Å². The molecule has 4 aromatic rings. The van der Waals surface area contributed by atoms with Crippen LogP contribution in [0.2, 0.25) is 0 Å². The van der Waals surface area contributed by atoms with Crippen LogP contribution < -0.4 is 15.4 Å². The van der Waals surface area contributed by atoms with Crippen molar-refractivity contribution in [3.63, 3.8) is 0 Å². The van der Waals surface area contributed by atoms with Gasteiger partial charge in [-0.15, -0.1) is 0 Å². The monoisotopic (exact) mass is 490 g/mol. The van der Waals surface area contributed by atoms with E-state index in [1.165, 1.54) is 12.8 Å². The van der Waals surface area contributed by atoms with Crippen LogP contribution in [0.3, 0.4) is 0 Å². The van der Waals surface area contributed by atoms with Gasteiger partial charge in [0.15, 0.2) is 0 Å². The van der Waals surface area contributed by atoms with Gasteiger partial charge in [-0.1, -0.05) is 48.5 Å². The largest absolute Gasteiger partial charge is 0.496 e. The zero-order valence-corrected chi connectivity index (χ0v) is 21.1. The molecule has 0 saturated heterocycles. The number of rotatable bonds is 8. The SMILES string of the molecule is COc1ccc(C(=O)Nc2ccc(C)c(-c3ccc(C(=O)NCC4CC4)cc3)c2)cc1-c1ccccc1. The fraction of sp³-hybridized carbons (Fsp3) is 0.188. The molecule has 0 unspecified atom stereocenters. The van der Waals surface area contributed by atoms with E-state index in [9.17, 15) is 9.59 Å². The van der Waals surface area contributed by atoms with Crippen LogP contribution in [-0.4, -0.2) is 25.5 Å². The highest BCUT2D eigenvalue weighted by atomic mass is 16.5.